The van der Waals surface area contributed by atoms with Crippen LogP contribution in [-0.2, 0) is 0 Å². The molecule has 2 aromatic heterocycles. The smallest absolute Gasteiger partial charge is 0.311 e. The zero-order chi connectivity index (χ0) is 13.6. The maximum atomic E-state index is 11.0. The lowest BCUT2D eigenvalue weighted by atomic mass is 10.2. The van der Waals surface area contributed by atoms with Gasteiger partial charge in [0.1, 0.15) is 11.5 Å². The van der Waals surface area contributed by atoms with Gasteiger partial charge in [0.05, 0.1) is 22.2 Å². The van der Waals surface area contributed by atoms with Crippen molar-refractivity contribution in [1.82, 2.24) is 9.97 Å². The molecule has 0 radical (unpaired) electrons. The van der Waals surface area contributed by atoms with Crippen LogP contribution in [0, 0.1) is 10.1 Å². The minimum Gasteiger partial charge on any atom is -0.490 e. The van der Waals surface area contributed by atoms with Gasteiger partial charge in [0.15, 0.2) is 5.75 Å². The van der Waals surface area contributed by atoms with E-state index in [0.29, 0.717) is 20.8 Å². The van der Waals surface area contributed by atoms with E-state index in [1.165, 1.54) is 30.8 Å². The van der Waals surface area contributed by atoms with Crippen LogP contribution < -0.4 is 4.74 Å². The first-order chi connectivity index (χ1) is 9.11. The highest BCUT2D eigenvalue weighted by atomic mass is 35.5. The standard InChI is InChI=1S/C11H6ClN3O3S/c1-18-7-3-8-5(2-6(7)15(16)17)9-10(19-8)11(12)14-4-13-9/h2-4H,1H3. The van der Waals surface area contributed by atoms with Crippen LogP contribution in [0.3, 0.4) is 0 Å². The van der Waals surface area contributed by atoms with Crippen molar-refractivity contribution < 1.29 is 9.66 Å². The van der Waals surface area contributed by atoms with Crippen LogP contribution in [0.5, 0.6) is 5.75 Å². The van der Waals surface area contributed by atoms with Gasteiger partial charge in [-0.05, 0) is 0 Å². The molecule has 0 unspecified atom stereocenters. The second kappa shape index (κ2) is 4.29. The second-order valence-electron chi connectivity index (χ2n) is 3.72. The third-order valence-electron chi connectivity index (χ3n) is 2.71. The summed E-state index contributed by atoms with van der Waals surface area (Å²) in [4.78, 5) is 18.6. The predicted molar refractivity (Wildman–Crippen MR) is 73.1 cm³/mol. The molecule has 0 aliphatic carbocycles. The molecule has 0 saturated carbocycles. The Labute approximate surface area is 115 Å². The number of thiophene rings is 1. The molecule has 3 rings (SSSR count). The van der Waals surface area contributed by atoms with E-state index >= 15 is 0 Å². The molecule has 1 aromatic carbocycles. The molecule has 0 aliphatic rings. The first-order valence-corrected chi connectivity index (χ1v) is 6.36. The van der Waals surface area contributed by atoms with Gasteiger partial charge in [-0.2, -0.15) is 0 Å². The Morgan fingerprint density at radius 2 is 2.21 bits per heavy atom. The molecule has 0 aliphatic heterocycles. The van der Waals surface area contributed by atoms with Crippen molar-refractivity contribution in [2.75, 3.05) is 7.11 Å². The summed E-state index contributed by atoms with van der Waals surface area (Å²) in [5.74, 6) is 0.216. The highest BCUT2D eigenvalue weighted by molar-refractivity contribution is 7.26. The molecule has 2 heterocycles. The van der Waals surface area contributed by atoms with E-state index < -0.39 is 4.92 Å². The van der Waals surface area contributed by atoms with Gasteiger partial charge >= 0.3 is 5.69 Å². The summed E-state index contributed by atoms with van der Waals surface area (Å²) in [6, 6.07) is 3.08. The van der Waals surface area contributed by atoms with Crippen molar-refractivity contribution in [3.63, 3.8) is 0 Å². The van der Waals surface area contributed by atoms with E-state index in [2.05, 4.69) is 9.97 Å². The number of nitrogens with zero attached hydrogens (tertiary/aromatic N) is 3. The lowest BCUT2D eigenvalue weighted by Crippen LogP contribution is -1.93. The molecule has 0 saturated heterocycles. The van der Waals surface area contributed by atoms with Gasteiger partial charge in [0.2, 0.25) is 0 Å². The van der Waals surface area contributed by atoms with Crippen molar-refractivity contribution in [2.45, 2.75) is 0 Å². The Hall–Kier alpha value is -1.99. The van der Waals surface area contributed by atoms with Crippen molar-refractivity contribution in [3.8, 4) is 5.75 Å². The van der Waals surface area contributed by atoms with E-state index in [0.717, 1.165) is 4.70 Å². The van der Waals surface area contributed by atoms with E-state index in [-0.39, 0.29) is 11.4 Å². The molecule has 19 heavy (non-hydrogen) atoms. The van der Waals surface area contributed by atoms with Gasteiger partial charge < -0.3 is 4.74 Å². The number of rotatable bonds is 2. The van der Waals surface area contributed by atoms with Crippen molar-refractivity contribution in [3.05, 3.63) is 33.7 Å². The Balaban J connectivity index is 2.46. The van der Waals surface area contributed by atoms with Crippen LogP contribution in [0.15, 0.2) is 18.5 Å². The van der Waals surface area contributed by atoms with Crippen LogP contribution in [-0.4, -0.2) is 22.0 Å². The fourth-order valence-corrected chi connectivity index (χ4v) is 3.17. The summed E-state index contributed by atoms with van der Waals surface area (Å²) in [5, 5.41) is 12.0. The fraction of sp³-hybridized carbons (Fsp3) is 0.0909. The average molecular weight is 296 g/mol. The lowest BCUT2D eigenvalue weighted by Gasteiger charge is -2.01. The number of methoxy groups -OCH3 is 1. The number of nitro benzene ring substituents is 1. The molecule has 8 heteroatoms. The van der Waals surface area contributed by atoms with Crippen LogP contribution in [0.1, 0.15) is 0 Å². The Morgan fingerprint density at radius 1 is 1.42 bits per heavy atom. The number of aromatic nitrogens is 2. The number of hydrogen-bond acceptors (Lipinski definition) is 6. The first kappa shape index (κ1) is 12.1. The lowest BCUT2D eigenvalue weighted by molar-refractivity contribution is -0.385. The molecule has 0 fully saturated rings. The van der Waals surface area contributed by atoms with Crippen LogP contribution >= 0.6 is 22.9 Å². The van der Waals surface area contributed by atoms with Gasteiger partial charge in [-0.25, -0.2) is 9.97 Å². The van der Waals surface area contributed by atoms with Crippen LogP contribution in [0.2, 0.25) is 5.15 Å². The van der Waals surface area contributed by atoms with Gasteiger partial charge in [0.25, 0.3) is 0 Å². The molecule has 0 amide bonds. The summed E-state index contributed by atoms with van der Waals surface area (Å²) in [6.07, 6.45) is 1.34. The molecule has 0 N–H and O–H groups in total. The number of ether oxygens (including phenoxy) is 1. The predicted octanol–water partition coefficient (Wildman–Crippen LogP) is 3.41. The molecular formula is C11H6ClN3O3S. The van der Waals surface area contributed by atoms with Crippen LogP contribution in [0.25, 0.3) is 20.3 Å². The van der Waals surface area contributed by atoms with Gasteiger partial charge in [-0.3, -0.25) is 10.1 Å². The molecule has 96 valence electrons. The minimum atomic E-state index is -0.482. The SMILES string of the molecule is COc1cc2sc3c(Cl)ncnc3c2cc1[N+](=O)[O-]. The normalized spacial score (nSPS) is 11.1. The minimum absolute atomic E-state index is 0.0931. The summed E-state index contributed by atoms with van der Waals surface area (Å²) in [7, 11) is 1.40. The topological polar surface area (TPSA) is 78.2 Å². The molecule has 0 atom stereocenters. The highest BCUT2D eigenvalue weighted by Crippen LogP contribution is 2.41. The molecular weight excluding hydrogens is 290 g/mol. The van der Waals surface area contributed by atoms with E-state index in [1.807, 2.05) is 0 Å². The van der Waals surface area contributed by atoms with E-state index in [4.69, 9.17) is 16.3 Å². The van der Waals surface area contributed by atoms with Gasteiger partial charge in [0, 0.05) is 22.2 Å². The molecule has 6 nitrogen and oxygen atoms in total. The van der Waals surface area contributed by atoms with Crippen molar-refractivity contribution in [2.24, 2.45) is 0 Å². The van der Waals surface area contributed by atoms with Crippen LogP contribution in [0.4, 0.5) is 5.69 Å². The third-order valence-corrected chi connectivity index (χ3v) is 4.25. The number of benzene rings is 1. The number of halogens is 1. The fourth-order valence-electron chi connectivity index (χ4n) is 1.87. The van der Waals surface area contributed by atoms with Gasteiger partial charge in [-0.15, -0.1) is 11.3 Å². The molecule has 0 bridgehead atoms. The summed E-state index contributed by atoms with van der Waals surface area (Å²) < 4.78 is 6.57. The largest absolute Gasteiger partial charge is 0.490 e. The first-order valence-electron chi connectivity index (χ1n) is 5.17. The van der Waals surface area contributed by atoms with Crippen molar-refractivity contribution in [1.29, 1.82) is 0 Å². The summed E-state index contributed by atoms with van der Waals surface area (Å²) in [5.41, 5.74) is 0.523. The Bertz CT molecular complexity index is 818. The molecule has 0 spiro atoms. The maximum absolute atomic E-state index is 11.0. The number of fused-ring (bicyclic) bond motifs is 3. The summed E-state index contributed by atoms with van der Waals surface area (Å²) >= 11 is 7.38. The highest BCUT2D eigenvalue weighted by Gasteiger charge is 2.19. The quantitative estimate of drug-likeness (QED) is 0.411. The molecule has 3 aromatic rings. The second-order valence-corrected chi connectivity index (χ2v) is 5.13. The van der Waals surface area contributed by atoms with E-state index in [9.17, 15) is 10.1 Å². The number of hydrogen-bond donors (Lipinski definition) is 0. The zero-order valence-corrected chi connectivity index (χ0v) is 11.2. The average Bonchev–Trinajstić information content (AvgIpc) is 2.76. The zero-order valence-electron chi connectivity index (χ0n) is 9.58. The summed E-state index contributed by atoms with van der Waals surface area (Å²) in [6.45, 7) is 0. The third kappa shape index (κ3) is 1.78. The Kier molecular flexibility index (Phi) is 2.72. The van der Waals surface area contributed by atoms with Crippen molar-refractivity contribution >= 4 is 48.9 Å². The van der Waals surface area contributed by atoms with E-state index in [1.54, 1.807) is 6.07 Å². The maximum Gasteiger partial charge on any atom is 0.311 e. The monoisotopic (exact) mass is 295 g/mol. The Morgan fingerprint density at radius 3 is 2.89 bits per heavy atom. The number of nitro groups is 1. The van der Waals surface area contributed by atoms with Gasteiger partial charge in [-0.1, -0.05) is 11.6 Å².